The number of carboxylic acid groups (broad SMARTS) is 1. The highest BCUT2D eigenvalue weighted by Gasteiger charge is 2.30. The summed E-state index contributed by atoms with van der Waals surface area (Å²) in [6.45, 7) is 1.48. The van der Waals surface area contributed by atoms with E-state index in [-0.39, 0.29) is 30.1 Å². The molecule has 0 unspecified atom stereocenters. The van der Waals surface area contributed by atoms with Crippen molar-refractivity contribution in [2.45, 2.75) is 30.2 Å². The van der Waals surface area contributed by atoms with Crippen molar-refractivity contribution < 1.29 is 37.3 Å². The molecule has 0 bridgehead atoms. The minimum absolute atomic E-state index is 0.171. The van der Waals surface area contributed by atoms with Crippen LogP contribution in [0.5, 0.6) is 11.5 Å². The molecule has 2 heterocycles. The van der Waals surface area contributed by atoms with Crippen LogP contribution in [-0.2, 0) is 16.7 Å². The maximum absolute atomic E-state index is 12.8. The number of Topliss-reactive ketones (excluding diaryl/α,β-unsaturated/α-hetero) is 1. The molecule has 2 aromatic carbocycles. The molecule has 0 aliphatic carbocycles. The number of benzene rings is 2. The van der Waals surface area contributed by atoms with E-state index < -0.39 is 24.3 Å². The number of carboxylic acids is 1. The van der Waals surface area contributed by atoms with Crippen LogP contribution >= 0.6 is 23.1 Å². The zero-order valence-electron chi connectivity index (χ0n) is 17.8. The fourth-order valence-corrected chi connectivity index (χ4v) is 5.56. The van der Waals surface area contributed by atoms with Crippen LogP contribution in [0.4, 0.5) is 13.2 Å². The first kappa shape index (κ1) is 24.1. The lowest BCUT2D eigenvalue weighted by molar-refractivity contribution is -0.139. The number of aromatic nitrogens is 1. The predicted octanol–water partition coefficient (Wildman–Crippen LogP) is 5.86. The van der Waals surface area contributed by atoms with E-state index >= 15 is 0 Å². The van der Waals surface area contributed by atoms with Crippen LogP contribution in [0, 0.1) is 6.92 Å². The molecule has 178 valence electrons. The second-order valence-corrected chi connectivity index (χ2v) is 9.46. The molecule has 0 saturated heterocycles. The number of fused-ring (bicyclic) bond motifs is 1. The van der Waals surface area contributed by atoms with E-state index in [0.717, 1.165) is 22.7 Å². The largest absolute Gasteiger partial charge is 0.491 e. The van der Waals surface area contributed by atoms with Gasteiger partial charge in [-0.3, -0.25) is 4.79 Å². The molecular formula is C23H18F3NO5S2. The second kappa shape index (κ2) is 9.67. The van der Waals surface area contributed by atoms with E-state index in [9.17, 15) is 22.8 Å². The maximum atomic E-state index is 12.8. The SMILES string of the molecule is Cc1nc(-c2ccc(C(F)(F)F)cc2)sc1CSc1ccc(OCC(=O)O)c2c1OCCC2=O. The monoisotopic (exact) mass is 509 g/mol. The fourth-order valence-electron chi connectivity index (χ4n) is 3.33. The zero-order chi connectivity index (χ0) is 24.5. The smallest absolute Gasteiger partial charge is 0.416 e. The zero-order valence-corrected chi connectivity index (χ0v) is 19.4. The molecule has 11 heteroatoms. The average Bonchev–Trinajstić information content (AvgIpc) is 3.16. The van der Waals surface area contributed by atoms with Gasteiger partial charge in [0.25, 0.3) is 0 Å². The number of alkyl halides is 3. The van der Waals surface area contributed by atoms with E-state index in [1.54, 1.807) is 12.1 Å². The number of carbonyl (C=O) groups excluding carboxylic acids is 1. The molecule has 34 heavy (non-hydrogen) atoms. The summed E-state index contributed by atoms with van der Waals surface area (Å²) >= 11 is 2.81. The van der Waals surface area contributed by atoms with Crippen LogP contribution in [-0.4, -0.2) is 35.1 Å². The fraction of sp³-hybridized carbons (Fsp3) is 0.261. The van der Waals surface area contributed by atoms with Gasteiger partial charge in [-0.2, -0.15) is 13.2 Å². The van der Waals surface area contributed by atoms with Crippen molar-refractivity contribution in [2.75, 3.05) is 13.2 Å². The lowest BCUT2D eigenvalue weighted by atomic mass is 10.0. The average molecular weight is 510 g/mol. The van der Waals surface area contributed by atoms with Crippen LogP contribution in [0.25, 0.3) is 10.6 Å². The van der Waals surface area contributed by atoms with Crippen LogP contribution in [0.1, 0.15) is 32.9 Å². The van der Waals surface area contributed by atoms with E-state index in [2.05, 4.69) is 4.98 Å². The number of nitrogens with zero attached hydrogens (tertiary/aromatic N) is 1. The predicted molar refractivity (Wildman–Crippen MR) is 121 cm³/mol. The first-order valence-electron chi connectivity index (χ1n) is 10.1. The Morgan fingerprint density at radius 2 is 1.97 bits per heavy atom. The molecule has 0 spiro atoms. The van der Waals surface area contributed by atoms with Crippen molar-refractivity contribution in [1.29, 1.82) is 0 Å². The molecule has 0 atom stereocenters. The summed E-state index contributed by atoms with van der Waals surface area (Å²) in [6.07, 6.45) is -4.22. The summed E-state index contributed by atoms with van der Waals surface area (Å²) < 4.78 is 49.5. The Hall–Kier alpha value is -3.05. The van der Waals surface area contributed by atoms with Gasteiger partial charge in [-0.05, 0) is 31.2 Å². The highest BCUT2D eigenvalue weighted by molar-refractivity contribution is 7.98. The van der Waals surface area contributed by atoms with Gasteiger partial charge in [0.15, 0.2) is 12.4 Å². The molecule has 0 saturated carbocycles. The molecule has 1 aromatic heterocycles. The number of thiazole rings is 1. The molecule has 3 aromatic rings. The molecule has 1 aliphatic rings. The summed E-state index contributed by atoms with van der Waals surface area (Å²) in [5.41, 5.74) is 0.891. The van der Waals surface area contributed by atoms with Crippen molar-refractivity contribution in [1.82, 2.24) is 4.98 Å². The van der Waals surface area contributed by atoms with Gasteiger partial charge in [-0.25, -0.2) is 9.78 Å². The van der Waals surface area contributed by atoms with Crippen LogP contribution < -0.4 is 9.47 Å². The molecule has 4 rings (SSSR count). The Labute approximate surface area is 200 Å². The van der Waals surface area contributed by atoms with Crippen LogP contribution in [0.2, 0.25) is 0 Å². The third kappa shape index (κ3) is 5.20. The number of aliphatic carboxylic acids is 1. The summed E-state index contributed by atoms with van der Waals surface area (Å²) in [4.78, 5) is 29.5. The Morgan fingerprint density at radius 3 is 2.65 bits per heavy atom. The number of hydrogen-bond donors (Lipinski definition) is 1. The van der Waals surface area contributed by atoms with Crippen LogP contribution in [0.3, 0.4) is 0 Å². The van der Waals surface area contributed by atoms with E-state index in [0.29, 0.717) is 27.0 Å². The van der Waals surface area contributed by atoms with E-state index in [4.69, 9.17) is 14.6 Å². The Morgan fingerprint density at radius 1 is 1.24 bits per heavy atom. The lowest BCUT2D eigenvalue weighted by Crippen LogP contribution is -2.19. The number of hydrogen-bond acceptors (Lipinski definition) is 7. The molecule has 1 aliphatic heterocycles. The Kier molecular flexibility index (Phi) is 6.85. The number of halogens is 3. The minimum Gasteiger partial charge on any atom is -0.491 e. The normalized spacial score (nSPS) is 13.4. The number of carbonyl (C=O) groups is 2. The van der Waals surface area contributed by atoms with Gasteiger partial charge in [0, 0.05) is 22.6 Å². The molecule has 0 radical (unpaired) electrons. The molecular weight excluding hydrogens is 491 g/mol. The lowest BCUT2D eigenvalue weighted by Gasteiger charge is -2.21. The van der Waals surface area contributed by atoms with Crippen molar-refractivity contribution in [2.24, 2.45) is 0 Å². The standard InChI is InChI=1S/C23H18F3NO5S2/c1-12-18(34-22(27-12)13-2-4-14(5-3-13)23(24,25)26)11-33-17-7-6-16(32-10-19(29)30)20-15(28)8-9-31-21(17)20/h2-7H,8-11H2,1H3,(H,29,30). The van der Waals surface area contributed by atoms with E-state index in [1.807, 2.05) is 6.92 Å². The van der Waals surface area contributed by atoms with Gasteiger partial charge in [0.05, 0.1) is 22.8 Å². The van der Waals surface area contributed by atoms with Crippen molar-refractivity contribution in [3.05, 3.63) is 58.1 Å². The topological polar surface area (TPSA) is 85.7 Å². The highest BCUT2D eigenvalue weighted by Crippen LogP contribution is 2.43. The van der Waals surface area contributed by atoms with Gasteiger partial charge < -0.3 is 14.6 Å². The maximum Gasteiger partial charge on any atom is 0.416 e. The van der Waals surface area contributed by atoms with Crippen molar-refractivity contribution >= 4 is 34.9 Å². The summed E-state index contributed by atoms with van der Waals surface area (Å²) in [7, 11) is 0. The Bertz CT molecular complexity index is 1240. The van der Waals surface area contributed by atoms with Gasteiger partial charge in [0.2, 0.25) is 0 Å². The third-order valence-electron chi connectivity index (χ3n) is 5.00. The third-order valence-corrected chi connectivity index (χ3v) is 7.45. The highest BCUT2D eigenvalue weighted by atomic mass is 32.2. The van der Waals surface area contributed by atoms with Gasteiger partial charge >= 0.3 is 12.1 Å². The van der Waals surface area contributed by atoms with Gasteiger partial charge in [-0.1, -0.05) is 12.1 Å². The number of rotatable bonds is 7. The quantitative estimate of drug-likeness (QED) is 0.400. The Balaban J connectivity index is 1.54. The summed E-state index contributed by atoms with van der Waals surface area (Å²) in [5, 5.41) is 9.49. The second-order valence-electron chi connectivity index (χ2n) is 7.36. The van der Waals surface area contributed by atoms with Gasteiger partial charge in [0.1, 0.15) is 22.1 Å². The molecule has 1 N–H and O–H groups in total. The summed E-state index contributed by atoms with van der Waals surface area (Å²) in [5.74, 6) is -0.286. The molecule has 6 nitrogen and oxygen atoms in total. The number of aryl methyl sites for hydroxylation is 1. The first-order valence-corrected chi connectivity index (χ1v) is 11.9. The van der Waals surface area contributed by atoms with Crippen molar-refractivity contribution in [3.8, 4) is 22.1 Å². The van der Waals surface area contributed by atoms with E-state index in [1.165, 1.54) is 35.2 Å². The number of ether oxygens (including phenoxy) is 2. The molecule has 0 amide bonds. The summed E-state index contributed by atoms with van der Waals surface area (Å²) in [6, 6.07) is 8.16. The van der Waals surface area contributed by atoms with Crippen molar-refractivity contribution in [3.63, 3.8) is 0 Å². The minimum atomic E-state index is -4.39. The number of ketones is 1. The number of thioether (sulfide) groups is 1. The molecule has 0 fully saturated rings. The first-order chi connectivity index (χ1) is 16.1. The van der Waals surface area contributed by atoms with Crippen LogP contribution in [0.15, 0.2) is 41.3 Å². The van der Waals surface area contributed by atoms with Gasteiger partial charge in [-0.15, -0.1) is 23.1 Å².